The van der Waals surface area contributed by atoms with Gasteiger partial charge in [0, 0.05) is 43.6 Å². The molecule has 0 aliphatic carbocycles. The average Bonchev–Trinajstić information content (AvgIpc) is 3.53. The van der Waals surface area contributed by atoms with Gasteiger partial charge in [0.25, 0.3) is 11.8 Å². The van der Waals surface area contributed by atoms with Crippen LogP contribution >= 0.6 is 0 Å². The van der Waals surface area contributed by atoms with E-state index in [-0.39, 0.29) is 29.8 Å². The van der Waals surface area contributed by atoms with Gasteiger partial charge in [0.1, 0.15) is 0 Å². The van der Waals surface area contributed by atoms with Gasteiger partial charge in [-0.3, -0.25) is 19.3 Å². The zero-order valence-corrected chi connectivity index (χ0v) is 26.8. The first-order valence-electron chi connectivity index (χ1n) is 15.3. The first kappa shape index (κ1) is 31.5. The summed E-state index contributed by atoms with van der Waals surface area (Å²) >= 11 is 0. The molecule has 13 heteroatoms. The molecule has 1 fully saturated rings. The summed E-state index contributed by atoms with van der Waals surface area (Å²) in [7, 11) is -2.36. The van der Waals surface area contributed by atoms with Gasteiger partial charge in [0.05, 0.1) is 33.8 Å². The van der Waals surface area contributed by atoms with Crippen molar-refractivity contribution in [1.29, 1.82) is 0 Å². The number of anilines is 2. The summed E-state index contributed by atoms with van der Waals surface area (Å²) in [4.78, 5) is 52.7. The first-order chi connectivity index (χ1) is 22.0. The minimum atomic E-state index is -4.25. The number of nitrogens with one attached hydrogen (secondary N) is 3. The summed E-state index contributed by atoms with van der Waals surface area (Å²) in [6.07, 6.45) is 3.87. The standard InChI is InChI=1S/C33H37N7O5S/c1-21(2)36-27-13-8-15-35-30(27)39(3)28-14-16-34-20-25(28)29(41)33(19-22-9-4-7-12-26(22)37-33)38-46(44,45)18-17-40-31(42)23-10-5-6-11-24(23)32(40)43/h4-13,15,19,21,25,28,34,36,38H,14,16-18,20H2,1-3H3. The van der Waals surface area contributed by atoms with Crippen LogP contribution in [-0.2, 0) is 14.8 Å². The molecule has 240 valence electrons. The highest BCUT2D eigenvalue weighted by atomic mass is 32.2. The third kappa shape index (κ3) is 5.93. The molecule has 3 aliphatic heterocycles. The summed E-state index contributed by atoms with van der Waals surface area (Å²) < 4.78 is 30.0. The van der Waals surface area contributed by atoms with E-state index in [1.54, 1.807) is 48.7 Å². The third-order valence-electron chi connectivity index (χ3n) is 8.59. The van der Waals surface area contributed by atoms with Crippen LogP contribution in [0.15, 0.2) is 71.9 Å². The Labute approximate surface area is 267 Å². The maximum Gasteiger partial charge on any atom is 0.261 e. The van der Waals surface area contributed by atoms with Crippen LogP contribution in [-0.4, -0.2) is 86.1 Å². The zero-order valence-electron chi connectivity index (χ0n) is 25.9. The predicted octanol–water partition coefficient (Wildman–Crippen LogP) is 0.911. The number of amides is 2. The third-order valence-corrected chi connectivity index (χ3v) is 9.93. The van der Waals surface area contributed by atoms with Gasteiger partial charge in [-0.15, -0.1) is 0 Å². The second-order valence-corrected chi connectivity index (χ2v) is 14.0. The van der Waals surface area contributed by atoms with Crippen molar-refractivity contribution in [2.75, 3.05) is 42.7 Å². The number of nitrogens with zero attached hydrogens (tertiary/aromatic N) is 4. The highest BCUT2D eigenvalue weighted by molar-refractivity contribution is 7.89. The number of ketones is 1. The molecule has 1 aromatic heterocycles. The van der Waals surface area contributed by atoms with Crippen molar-refractivity contribution >= 4 is 45.2 Å². The molecule has 2 amide bonds. The van der Waals surface area contributed by atoms with Gasteiger partial charge in [-0.25, -0.2) is 18.4 Å². The van der Waals surface area contributed by atoms with Gasteiger partial charge in [-0.1, -0.05) is 30.3 Å². The van der Waals surface area contributed by atoms with Gasteiger partial charge in [-0.05, 0) is 63.2 Å². The molecule has 0 bridgehead atoms. The SMILES string of the molecule is CC(C)Nc1cccnc1N(C)C1CCNCC1C(=O)C1(NS(=O)(=O)CCN2C(=O)c3ccccc3C2=O)C=c2ccccc2=N1. The molecule has 46 heavy (non-hydrogen) atoms. The average molecular weight is 644 g/mol. The van der Waals surface area contributed by atoms with E-state index < -0.39 is 45.0 Å². The molecule has 0 saturated carbocycles. The number of sulfonamides is 1. The maximum atomic E-state index is 14.7. The number of carbonyl (C=O) groups is 3. The fraction of sp³-hybridized carbons (Fsp3) is 0.364. The monoisotopic (exact) mass is 643 g/mol. The molecule has 0 radical (unpaired) electrons. The minimum absolute atomic E-state index is 0.158. The van der Waals surface area contributed by atoms with Crippen molar-refractivity contribution in [1.82, 2.24) is 19.9 Å². The van der Waals surface area contributed by atoms with Crippen molar-refractivity contribution in [2.45, 2.75) is 38.0 Å². The number of imide groups is 1. The normalized spacial score (nSPS) is 22.2. The first-order valence-corrected chi connectivity index (χ1v) is 17.0. The van der Waals surface area contributed by atoms with Crippen molar-refractivity contribution in [3.05, 3.63) is 88.6 Å². The lowest BCUT2D eigenvalue weighted by molar-refractivity contribution is -0.127. The summed E-state index contributed by atoms with van der Waals surface area (Å²) in [5.74, 6) is -2.09. The lowest BCUT2D eigenvalue weighted by Crippen LogP contribution is -2.61. The summed E-state index contributed by atoms with van der Waals surface area (Å²) in [5.41, 5.74) is -0.619. The molecule has 3 N–H and O–H groups in total. The van der Waals surface area contributed by atoms with Crippen LogP contribution < -0.4 is 30.8 Å². The Morgan fingerprint density at radius 1 is 1.07 bits per heavy atom. The molecule has 2 aromatic carbocycles. The zero-order chi connectivity index (χ0) is 32.6. The number of pyridine rings is 1. The van der Waals surface area contributed by atoms with Crippen molar-refractivity contribution in [2.24, 2.45) is 10.9 Å². The number of hydrogen-bond acceptors (Lipinski definition) is 10. The van der Waals surface area contributed by atoms with Gasteiger partial charge in [-0.2, -0.15) is 4.72 Å². The number of piperidine rings is 1. The predicted molar refractivity (Wildman–Crippen MR) is 174 cm³/mol. The van der Waals surface area contributed by atoms with Crippen LogP contribution in [0.5, 0.6) is 0 Å². The number of fused-ring (bicyclic) bond motifs is 2. The number of para-hydroxylation sites is 1. The second kappa shape index (κ2) is 12.4. The van der Waals surface area contributed by atoms with Crippen molar-refractivity contribution < 1.29 is 22.8 Å². The van der Waals surface area contributed by atoms with Crippen molar-refractivity contribution in [3.8, 4) is 0 Å². The van der Waals surface area contributed by atoms with Crippen LogP contribution in [0.2, 0.25) is 0 Å². The highest BCUT2D eigenvalue weighted by Gasteiger charge is 2.48. The molecule has 1 saturated heterocycles. The molecule has 3 atom stereocenters. The fourth-order valence-electron chi connectivity index (χ4n) is 6.45. The Hall–Kier alpha value is -4.46. The van der Waals surface area contributed by atoms with E-state index in [1.165, 1.54) is 12.1 Å². The molecule has 0 spiro atoms. The minimum Gasteiger partial charge on any atom is -0.380 e. The fourth-order valence-corrected chi connectivity index (χ4v) is 7.65. The number of hydrogen-bond donors (Lipinski definition) is 3. The summed E-state index contributed by atoms with van der Waals surface area (Å²) in [6.45, 7) is 4.67. The highest BCUT2D eigenvalue weighted by Crippen LogP contribution is 2.32. The lowest BCUT2D eigenvalue weighted by atomic mass is 9.83. The molecule has 12 nitrogen and oxygen atoms in total. The molecule has 3 unspecified atom stereocenters. The van der Waals surface area contributed by atoms with Crippen LogP contribution in [0, 0.1) is 5.92 Å². The number of aromatic nitrogens is 1. The van der Waals surface area contributed by atoms with Crippen LogP contribution in [0.25, 0.3) is 6.08 Å². The van der Waals surface area contributed by atoms with Gasteiger partial charge in [0.2, 0.25) is 15.7 Å². The van der Waals surface area contributed by atoms with E-state index in [0.717, 1.165) is 10.6 Å². The Morgan fingerprint density at radius 3 is 2.46 bits per heavy atom. The number of carbonyl (C=O) groups excluding carboxylic acids is 3. The topological polar surface area (TPSA) is 153 Å². The lowest BCUT2D eigenvalue weighted by Gasteiger charge is -2.41. The Bertz CT molecular complexity index is 1860. The van der Waals surface area contributed by atoms with E-state index in [2.05, 4.69) is 20.3 Å². The Balaban J connectivity index is 1.30. The van der Waals surface area contributed by atoms with Gasteiger partial charge in [0.15, 0.2) is 11.6 Å². The largest absolute Gasteiger partial charge is 0.380 e. The van der Waals surface area contributed by atoms with Crippen LogP contribution in [0.4, 0.5) is 11.5 Å². The Kier molecular flexibility index (Phi) is 8.49. The van der Waals surface area contributed by atoms with Gasteiger partial charge < -0.3 is 15.5 Å². The number of rotatable bonds is 11. The van der Waals surface area contributed by atoms with E-state index in [4.69, 9.17) is 4.99 Å². The second-order valence-electron chi connectivity index (χ2n) is 12.1. The molecule has 6 rings (SSSR count). The van der Waals surface area contributed by atoms with Crippen LogP contribution in [0.1, 0.15) is 41.0 Å². The maximum absolute atomic E-state index is 14.7. The van der Waals surface area contributed by atoms with Crippen molar-refractivity contribution in [3.63, 3.8) is 0 Å². The summed E-state index contributed by atoms with van der Waals surface area (Å²) in [5, 5.41) is 7.84. The number of Topliss-reactive ketones (excluding diaryl/α,β-unsaturated/α-hetero) is 1. The molecule has 3 aliphatic rings. The van der Waals surface area contributed by atoms with Crippen LogP contribution in [0.3, 0.4) is 0 Å². The van der Waals surface area contributed by atoms with Gasteiger partial charge >= 0.3 is 0 Å². The van der Waals surface area contributed by atoms with E-state index in [1.807, 2.05) is 37.9 Å². The quantitative estimate of drug-likeness (QED) is 0.259. The Morgan fingerprint density at radius 2 is 1.76 bits per heavy atom. The number of benzene rings is 2. The van der Waals surface area contributed by atoms with E-state index >= 15 is 0 Å². The molecular formula is C33H37N7O5S. The molecular weight excluding hydrogens is 606 g/mol. The smallest absolute Gasteiger partial charge is 0.261 e. The van der Waals surface area contributed by atoms with E-state index in [0.29, 0.717) is 35.9 Å². The van der Waals surface area contributed by atoms with E-state index in [9.17, 15) is 22.8 Å². The molecule has 4 heterocycles. The molecule has 3 aromatic rings. The summed E-state index contributed by atoms with van der Waals surface area (Å²) in [6, 6.07) is 17.1.